The Morgan fingerprint density at radius 3 is 2.63 bits per heavy atom. The molecule has 1 aliphatic heterocycles. The molecule has 0 amide bonds. The number of nitriles is 1. The molecule has 3 aromatic rings. The number of halogens is 1. The second-order valence-corrected chi connectivity index (χ2v) is 7.95. The Balaban J connectivity index is 1.50. The molecule has 0 aliphatic carbocycles. The molecule has 1 unspecified atom stereocenters. The lowest BCUT2D eigenvalue weighted by molar-refractivity contribution is -0.101. The fourth-order valence-corrected chi connectivity index (χ4v) is 4.24. The van der Waals surface area contributed by atoms with Crippen LogP contribution in [0.5, 0.6) is 0 Å². The maximum atomic E-state index is 8.99. The third kappa shape index (κ3) is 4.26. The monoisotopic (exact) mass is 418 g/mol. The highest BCUT2D eigenvalue weighted by Crippen LogP contribution is 2.39. The van der Waals surface area contributed by atoms with Gasteiger partial charge in [-0.1, -0.05) is 48.0 Å². The molecular formula is C25H23ClN2O2. The Bertz CT molecular complexity index is 1070. The zero-order chi connectivity index (χ0) is 21.0. The van der Waals surface area contributed by atoms with Gasteiger partial charge in [-0.2, -0.15) is 5.26 Å². The smallest absolute Gasteiger partial charge is 0.118 e. The Morgan fingerprint density at radius 1 is 1.07 bits per heavy atom. The van der Waals surface area contributed by atoms with E-state index < -0.39 is 5.60 Å². The van der Waals surface area contributed by atoms with Gasteiger partial charge in [-0.25, -0.2) is 0 Å². The minimum atomic E-state index is -0.500. The van der Waals surface area contributed by atoms with Crippen LogP contribution in [0.4, 0.5) is 0 Å². The van der Waals surface area contributed by atoms with Gasteiger partial charge in [-0.15, -0.1) is 0 Å². The first-order valence-electron chi connectivity index (χ1n) is 9.94. The molecular weight excluding hydrogens is 396 g/mol. The molecule has 30 heavy (non-hydrogen) atoms. The molecule has 152 valence electrons. The van der Waals surface area contributed by atoms with Crippen molar-refractivity contribution in [3.8, 4) is 17.2 Å². The molecule has 1 atom stereocenters. The molecule has 4 nitrogen and oxygen atoms in total. The van der Waals surface area contributed by atoms with Crippen LogP contribution >= 0.6 is 11.6 Å². The fourth-order valence-electron chi connectivity index (χ4n) is 3.99. The fraction of sp³-hybridized carbons (Fsp3) is 0.240. The van der Waals surface area contributed by atoms with E-state index in [2.05, 4.69) is 24.3 Å². The van der Waals surface area contributed by atoms with Gasteiger partial charge >= 0.3 is 0 Å². The quantitative estimate of drug-likeness (QED) is 0.574. The number of rotatable bonds is 7. The van der Waals surface area contributed by atoms with Gasteiger partial charge in [0.05, 0.1) is 31.5 Å². The number of nitrogens with two attached hydrogens (primary N) is 1. The lowest BCUT2D eigenvalue weighted by atomic mass is 9.90. The Morgan fingerprint density at radius 2 is 1.87 bits per heavy atom. The van der Waals surface area contributed by atoms with Crippen molar-refractivity contribution in [1.29, 1.82) is 5.26 Å². The molecule has 0 aromatic heterocycles. The highest BCUT2D eigenvalue weighted by Gasteiger charge is 2.39. The van der Waals surface area contributed by atoms with Gasteiger partial charge in [0.2, 0.25) is 0 Å². The third-order valence-corrected chi connectivity index (χ3v) is 5.69. The van der Waals surface area contributed by atoms with Crippen LogP contribution in [0.1, 0.15) is 28.7 Å². The Labute approximate surface area is 181 Å². The zero-order valence-electron chi connectivity index (χ0n) is 16.6. The minimum Gasteiger partial charge on any atom is -0.373 e. The second-order valence-electron chi connectivity index (χ2n) is 7.51. The number of ether oxygens (including phenoxy) is 2. The van der Waals surface area contributed by atoms with E-state index in [0.717, 1.165) is 16.7 Å². The normalized spacial score (nSPS) is 17.5. The molecule has 0 spiro atoms. The van der Waals surface area contributed by atoms with E-state index in [1.807, 2.05) is 36.4 Å². The molecule has 2 N–H and O–H groups in total. The van der Waals surface area contributed by atoms with Crippen LogP contribution in [0.25, 0.3) is 11.1 Å². The van der Waals surface area contributed by atoms with Gasteiger partial charge in [0, 0.05) is 5.02 Å². The largest absolute Gasteiger partial charge is 0.373 e. The predicted molar refractivity (Wildman–Crippen MR) is 118 cm³/mol. The highest BCUT2D eigenvalue weighted by atomic mass is 35.5. The topological polar surface area (TPSA) is 68.3 Å². The molecule has 0 saturated heterocycles. The van der Waals surface area contributed by atoms with Crippen molar-refractivity contribution < 1.29 is 9.47 Å². The Hall–Kier alpha value is -2.68. The van der Waals surface area contributed by atoms with Crippen LogP contribution in [0.2, 0.25) is 5.02 Å². The van der Waals surface area contributed by atoms with E-state index >= 15 is 0 Å². The van der Waals surface area contributed by atoms with Gasteiger partial charge in [0.1, 0.15) is 5.60 Å². The van der Waals surface area contributed by atoms with Crippen LogP contribution < -0.4 is 5.73 Å². The summed E-state index contributed by atoms with van der Waals surface area (Å²) in [6.45, 7) is 1.96. The minimum absolute atomic E-state index is 0.418. The average molecular weight is 419 g/mol. The van der Waals surface area contributed by atoms with Gasteiger partial charge < -0.3 is 15.2 Å². The summed E-state index contributed by atoms with van der Waals surface area (Å²) < 4.78 is 12.3. The van der Waals surface area contributed by atoms with Gasteiger partial charge in [0.15, 0.2) is 0 Å². The van der Waals surface area contributed by atoms with Crippen molar-refractivity contribution in [2.45, 2.75) is 25.2 Å². The highest BCUT2D eigenvalue weighted by molar-refractivity contribution is 6.31. The summed E-state index contributed by atoms with van der Waals surface area (Å²) >= 11 is 6.36. The van der Waals surface area contributed by atoms with Crippen LogP contribution in [-0.4, -0.2) is 13.2 Å². The van der Waals surface area contributed by atoms with Crippen molar-refractivity contribution in [2.24, 2.45) is 5.73 Å². The van der Waals surface area contributed by atoms with E-state index in [9.17, 15) is 0 Å². The van der Waals surface area contributed by atoms with E-state index in [0.29, 0.717) is 43.4 Å². The first kappa shape index (κ1) is 20.6. The summed E-state index contributed by atoms with van der Waals surface area (Å²) in [5.74, 6) is 0. The number of nitrogens with zero attached hydrogens (tertiary/aromatic N) is 1. The maximum absolute atomic E-state index is 8.99. The SMILES string of the molecule is N#Cc1ccc(-c2cc(Cl)cc(COCC3(CCN)OCc4ccccc43)c2)cc1. The number of hydrogen-bond acceptors (Lipinski definition) is 4. The number of hydrogen-bond donors (Lipinski definition) is 1. The summed E-state index contributed by atoms with van der Waals surface area (Å²) in [5.41, 5.74) is 11.4. The molecule has 1 heterocycles. The van der Waals surface area contributed by atoms with E-state index in [4.69, 9.17) is 32.1 Å². The first-order valence-corrected chi connectivity index (χ1v) is 10.3. The lowest BCUT2D eigenvalue weighted by Gasteiger charge is -2.29. The van der Waals surface area contributed by atoms with E-state index in [1.54, 1.807) is 12.1 Å². The first-order chi connectivity index (χ1) is 14.6. The summed E-state index contributed by atoms with van der Waals surface area (Å²) in [4.78, 5) is 0. The summed E-state index contributed by atoms with van der Waals surface area (Å²) in [6, 6.07) is 23.7. The van der Waals surface area contributed by atoms with E-state index in [1.165, 1.54) is 11.1 Å². The van der Waals surface area contributed by atoms with Crippen molar-refractivity contribution >= 4 is 11.6 Å². The summed E-state index contributed by atoms with van der Waals surface area (Å²) in [7, 11) is 0. The van der Waals surface area contributed by atoms with Gasteiger partial charge in [-0.3, -0.25) is 0 Å². The van der Waals surface area contributed by atoms with E-state index in [-0.39, 0.29) is 0 Å². The molecule has 5 heteroatoms. The molecule has 1 aliphatic rings. The molecule has 0 fully saturated rings. The predicted octanol–water partition coefficient (Wildman–Crippen LogP) is 5.17. The molecule has 0 radical (unpaired) electrons. The standard InChI is InChI=1S/C25H23ClN2O2/c26-23-12-19(11-22(13-23)20-7-5-18(14-28)6-8-20)15-29-17-25(9-10-27)24-4-2-1-3-21(24)16-30-25/h1-8,11-13H,9-10,15-17,27H2. The molecule has 3 aromatic carbocycles. The summed E-state index contributed by atoms with van der Waals surface area (Å²) in [5, 5.41) is 9.64. The Kier molecular flexibility index (Phi) is 6.17. The number of benzene rings is 3. The van der Waals surface area contributed by atoms with Crippen LogP contribution in [0, 0.1) is 11.3 Å². The van der Waals surface area contributed by atoms with Crippen LogP contribution in [0.15, 0.2) is 66.7 Å². The number of fused-ring (bicyclic) bond motifs is 1. The summed E-state index contributed by atoms with van der Waals surface area (Å²) in [6.07, 6.45) is 0.704. The van der Waals surface area contributed by atoms with Crippen LogP contribution in [0.3, 0.4) is 0 Å². The van der Waals surface area contributed by atoms with Crippen molar-refractivity contribution in [1.82, 2.24) is 0 Å². The average Bonchev–Trinajstić information content (AvgIpc) is 3.12. The van der Waals surface area contributed by atoms with Gasteiger partial charge in [-0.05, 0) is 71.1 Å². The molecule has 0 bridgehead atoms. The molecule has 4 rings (SSSR count). The van der Waals surface area contributed by atoms with Crippen molar-refractivity contribution in [3.05, 3.63) is 94.0 Å². The lowest BCUT2D eigenvalue weighted by Crippen LogP contribution is -2.34. The van der Waals surface area contributed by atoms with Gasteiger partial charge in [0.25, 0.3) is 0 Å². The third-order valence-electron chi connectivity index (χ3n) is 5.47. The van der Waals surface area contributed by atoms with Crippen molar-refractivity contribution in [2.75, 3.05) is 13.2 Å². The second kappa shape index (κ2) is 8.99. The molecule has 0 saturated carbocycles. The maximum Gasteiger partial charge on any atom is 0.118 e. The van der Waals surface area contributed by atoms with Crippen LogP contribution in [-0.2, 0) is 28.3 Å². The zero-order valence-corrected chi connectivity index (χ0v) is 17.4. The van der Waals surface area contributed by atoms with Crippen molar-refractivity contribution in [3.63, 3.8) is 0 Å².